The maximum absolute atomic E-state index is 13.9. The van der Waals surface area contributed by atoms with E-state index in [2.05, 4.69) is 15.0 Å². The van der Waals surface area contributed by atoms with Crippen LogP contribution in [0.4, 0.5) is 17.6 Å². The number of carbonyl (C=O) groups excluding carboxylic acids is 2. The quantitative estimate of drug-likeness (QED) is 0.513. The fourth-order valence-corrected chi connectivity index (χ4v) is 3.57. The van der Waals surface area contributed by atoms with Gasteiger partial charge in [-0.05, 0) is 43.2 Å². The molecule has 0 bridgehead atoms. The molecule has 3 N–H and O–H groups in total. The van der Waals surface area contributed by atoms with Crippen LogP contribution in [-0.4, -0.2) is 29.3 Å². The molecule has 4 rings (SSSR count). The monoisotopic (exact) mass is 511 g/mol. The SMILES string of the molecule is NC(=O)C1C=C(NC(=O)c2cnc(C3CC3)cc2Oc2ccc(OC(F)(F)F)c(Cl)c2)C=CC1F. The molecule has 1 aromatic carbocycles. The summed E-state index contributed by atoms with van der Waals surface area (Å²) in [4.78, 5) is 28.7. The number of hydrogen-bond donors (Lipinski definition) is 2. The zero-order valence-electron chi connectivity index (χ0n) is 17.8. The minimum atomic E-state index is -4.92. The van der Waals surface area contributed by atoms with Crippen LogP contribution in [0, 0.1) is 5.92 Å². The van der Waals surface area contributed by atoms with Crippen LogP contribution < -0.4 is 20.5 Å². The molecular formula is C23H18ClF4N3O4. The van der Waals surface area contributed by atoms with Crippen molar-refractivity contribution in [2.75, 3.05) is 0 Å². The molecule has 0 saturated heterocycles. The van der Waals surface area contributed by atoms with Gasteiger partial charge in [0.25, 0.3) is 5.91 Å². The lowest BCUT2D eigenvalue weighted by Crippen LogP contribution is -2.33. The number of amides is 2. The second kappa shape index (κ2) is 9.57. The summed E-state index contributed by atoms with van der Waals surface area (Å²) in [7, 11) is 0. The second-order valence-corrected chi connectivity index (χ2v) is 8.34. The third kappa shape index (κ3) is 6.10. The van der Waals surface area contributed by atoms with Crippen molar-refractivity contribution in [1.82, 2.24) is 10.3 Å². The molecule has 2 aromatic rings. The zero-order valence-corrected chi connectivity index (χ0v) is 18.6. The molecule has 2 amide bonds. The molecule has 0 spiro atoms. The number of pyridine rings is 1. The first-order chi connectivity index (χ1) is 16.5. The van der Waals surface area contributed by atoms with Crippen molar-refractivity contribution in [3.05, 3.63) is 70.7 Å². The molecule has 35 heavy (non-hydrogen) atoms. The number of nitrogens with two attached hydrogens (primary N) is 1. The summed E-state index contributed by atoms with van der Waals surface area (Å²) in [5.74, 6) is -3.06. The lowest BCUT2D eigenvalue weighted by molar-refractivity contribution is -0.274. The number of allylic oxidation sites excluding steroid dienone is 2. The highest BCUT2D eigenvalue weighted by Gasteiger charge is 2.32. The van der Waals surface area contributed by atoms with Crippen LogP contribution in [0.15, 0.2) is 54.4 Å². The third-order valence-corrected chi connectivity index (χ3v) is 5.53. The number of benzene rings is 1. The Morgan fingerprint density at radius 3 is 2.54 bits per heavy atom. The van der Waals surface area contributed by atoms with Gasteiger partial charge in [0.2, 0.25) is 5.91 Å². The average Bonchev–Trinajstić information content (AvgIpc) is 3.61. The summed E-state index contributed by atoms with van der Waals surface area (Å²) in [6.07, 6.45) is 0.221. The lowest BCUT2D eigenvalue weighted by Gasteiger charge is -2.19. The van der Waals surface area contributed by atoms with E-state index in [0.29, 0.717) is 5.69 Å². The number of primary amides is 1. The van der Waals surface area contributed by atoms with E-state index in [-0.39, 0.29) is 33.7 Å². The van der Waals surface area contributed by atoms with E-state index in [1.54, 1.807) is 6.07 Å². The molecule has 1 aromatic heterocycles. The topological polar surface area (TPSA) is 104 Å². The second-order valence-electron chi connectivity index (χ2n) is 7.93. The van der Waals surface area contributed by atoms with Crippen molar-refractivity contribution < 1.29 is 36.6 Å². The van der Waals surface area contributed by atoms with Gasteiger partial charge in [0.1, 0.15) is 29.0 Å². The van der Waals surface area contributed by atoms with Gasteiger partial charge >= 0.3 is 6.36 Å². The van der Waals surface area contributed by atoms with Crippen LogP contribution in [0.5, 0.6) is 17.2 Å². The summed E-state index contributed by atoms with van der Waals surface area (Å²) in [5.41, 5.74) is 6.03. The Labute approximate surface area is 201 Å². The molecule has 0 aliphatic heterocycles. The van der Waals surface area contributed by atoms with Gasteiger partial charge in [0.15, 0.2) is 0 Å². The molecule has 1 heterocycles. The summed E-state index contributed by atoms with van der Waals surface area (Å²) in [5, 5.41) is 2.20. The summed E-state index contributed by atoms with van der Waals surface area (Å²) < 4.78 is 61.0. The Hall–Kier alpha value is -3.60. The van der Waals surface area contributed by atoms with Gasteiger partial charge in [-0.25, -0.2) is 4.39 Å². The summed E-state index contributed by atoms with van der Waals surface area (Å²) in [6.45, 7) is 0. The van der Waals surface area contributed by atoms with E-state index in [0.717, 1.165) is 31.1 Å². The third-order valence-electron chi connectivity index (χ3n) is 5.23. The fourth-order valence-electron chi connectivity index (χ4n) is 3.37. The van der Waals surface area contributed by atoms with Gasteiger partial charge in [-0.2, -0.15) is 0 Å². The first kappa shape index (κ1) is 24.5. The molecule has 2 atom stereocenters. The van der Waals surface area contributed by atoms with Crippen molar-refractivity contribution in [1.29, 1.82) is 0 Å². The van der Waals surface area contributed by atoms with E-state index in [1.807, 2.05) is 0 Å². The Balaban J connectivity index is 1.59. The molecule has 2 aliphatic rings. The number of rotatable bonds is 7. The molecule has 1 fully saturated rings. The van der Waals surface area contributed by atoms with Crippen LogP contribution in [0.25, 0.3) is 0 Å². The van der Waals surface area contributed by atoms with E-state index in [4.69, 9.17) is 22.1 Å². The number of halogens is 5. The number of hydrogen-bond acceptors (Lipinski definition) is 5. The Morgan fingerprint density at radius 1 is 1.17 bits per heavy atom. The summed E-state index contributed by atoms with van der Waals surface area (Å²) >= 11 is 5.90. The number of carbonyl (C=O) groups is 2. The fraction of sp³-hybridized carbons (Fsp3) is 0.261. The van der Waals surface area contributed by atoms with Gasteiger partial charge in [-0.15, -0.1) is 13.2 Å². The minimum absolute atomic E-state index is 0.00608. The maximum Gasteiger partial charge on any atom is 0.573 e. The van der Waals surface area contributed by atoms with Gasteiger partial charge in [0.05, 0.1) is 10.9 Å². The molecule has 0 radical (unpaired) electrons. The largest absolute Gasteiger partial charge is 0.573 e. The van der Waals surface area contributed by atoms with Crippen molar-refractivity contribution in [3.63, 3.8) is 0 Å². The smallest absolute Gasteiger partial charge is 0.456 e. The molecule has 2 aliphatic carbocycles. The number of nitrogens with one attached hydrogen (secondary N) is 1. The first-order valence-electron chi connectivity index (χ1n) is 10.4. The van der Waals surface area contributed by atoms with E-state index >= 15 is 0 Å². The highest BCUT2D eigenvalue weighted by atomic mass is 35.5. The van der Waals surface area contributed by atoms with Crippen LogP contribution >= 0.6 is 11.6 Å². The van der Waals surface area contributed by atoms with Crippen LogP contribution in [0.1, 0.15) is 34.8 Å². The Bertz CT molecular complexity index is 1230. The minimum Gasteiger partial charge on any atom is -0.456 e. The van der Waals surface area contributed by atoms with Crippen molar-refractivity contribution in [3.8, 4) is 17.2 Å². The van der Waals surface area contributed by atoms with Crippen LogP contribution in [-0.2, 0) is 4.79 Å². The van der Waals surface area contributed by atoms with E-state index in [9.17, 15) is 27.2 Å². The number of alkyl halides is 4. The molecular weight excluding hydrogens is 494 g/mol. The van der Waals surface area contributed by atoms with Crippen LogP contribution in [0.3, 0.4) is 0 Å². The van der Waals surface area contributed by atoms with Crippen molar-refractivity contribution >= 4 is 23.4 Å². The van der Waals surface area contributed by atoms with E-state index < -0.39 is 36.0 Å². The highest BCUT2D eigenvalue weighted by molar-refractivity contribution is 6.32. The predicted octanol–water partition coefficient (Wildman–Crippen LogP) is 4.93. The molecule has 2 unspecified atom stereocenters. The normalized spacial score (nSPS) is 19.6. The Kier molecular flexibility index (Phi) is 6.70. The van der Waals surface area contributed by atoms with Crippen molar-refractivity contribution in [2.45, 2.75) is 31.3 Å². The maximum atomic E-state index is 13.9. The standard InChI is InChI=1S/C23H18ClF4N3O4/c24-16-8-13(4-6-19(16)35-23(26,27)28)34-20-9-18(11-1-2-11)30-10-15(20)22(33)31-12-3-5-17(25)14(7-12)21(29)32/h3-11,14,17H,1-2H2,(H2,29,32)(H,31,33). The van der Waals surface area contributed by atoms with E-state index in [1.165, 1.54) is 24.4 Å². The molecule has 7 nitrogen and oxygen atoms in total. The van der Waals surface area contributed by atoms with Crippen molar-refractivity contribution in [2.24, 2.45) is 11.7 Å². The number of nitrogens with zero attached hydrogens (tertiary/aromatic N) is 1. The number of aromatic nitrogens is 1. The number of ether oxygens (including phenoxy) is 2. The first-order valence-corrected chi connectivity index (χ1v) is 10.8. The predicted molar refractivity (Wildman–Crippen MR) is 117 cm³/mol. The zero-order chi connectivity index (χ0) is 25.3. The molecule has 1 saturated carbocycles. The van der Waals surface area contributed by atoms with Gasteiger partial charge < -0.3 is 20.5 Å². The molecule has 184 valence electrons. The van der Waals surface area contributed by atoms with Gasteiger partial charge in [0, 0.05) is 35.6 Å². The highest BCUT2D eigenvalue weighted by Crippen LogP contribution is 2.41. The van der Waals surface area contributed by atoms with Crippen LogP contribution in [0.2, 0.25) is 5.02 Å². The summed E-state index contributed by atoms with van der Waals surface area (Å²) in [6, 6.07) is 4.88. The Morgan fingerprint density at radius 2 is 1.91 bits per heavy atom. The van der Waals surface area contributed by atoms with Gasteiger partial charge in [-0.1, -0.05) is 11.6 Å². The molecule has 12 heteroatoms. The lowest BCUT2D eigenvalue weighted by atomic mass is 9.96. The average molecular weight is 512 g/mol. The van der Waals surface area contributed by atoms with Gasteiger partial charge in [-0.3, -0.25) is 14.6 Å².